The summed E-state index contributed by atoms with van der Waals surface area (Å²) in [6, 6.07) is 28.4. The molecule has 2 aliphatic rings. The average molecular weight is 304 g/mol. The Morgan fingerprint density at radius 2 is 1.21 bits per heavy atom. The number of allylic oxidation sites excluding steroid dienone is 3. The molecule has 0 aliphatic heterocycles. The van der Waals surface area contributed by atoms with E-state index in [1.807, 2.05) is 6.08 Å². The van der Waals surface area contributed by atoms with Gasteiger partial charge in [-0.05, 0) is 51.6 Å². The van der Waals surface area contributed by atoms with Gasteiger partial charge in [0.25, 0.3) is 0 Å². The fourth-order valence-corrected chi connectivity index (χ4v) is 4.27. The first kappa shape index (κ1) is 13.4. The van der Waals surface area contributed by atoms with Gasteiger partial charge in [0.05, 0.1) is 5.41 Å². The molecule has 24 heavy (non-hydrogen) atoms. The Labute approximate surface area is 142 Å². The minimum atomic E-state index is -0.256. The molecule has 0 unspecified atom stereocenters. The van der Waals surface area contributed by atoms with E-state index in [0.717, 1.165) is 0 Å². The first-order chi connectivity index (χ1) is 11.9. The zero-order valence-electron chi connectivity index (χ0n) is 13.2. The van der Waals surface area contributed by atoms with Crippen LogP contribution in [-0.4, -0.2) is 0 Å². The molecule has 0 radical (unpaired) electrons. The van der Waals surface area contributed by atoms with Crippen molar-refractivity contribution in [2.24, 2.45) is 0 Å². The van der Waals surface area contributed by atoms with Crippen molar-refractivity contribution in [3.63, 3.8) is 0 Å². The number of hydrogen-bond donors (Lipinski definition) is 0. The monoisotopic (exact) mass is 304 g/mol. The summed E-state index contributed by atoms with van der Waals surface area (Å²) in [5, 5.41) is 0. The first-order valence-electron chi connectivity index (χ1n) is 8.30. The van der Waals surface area contributed by atoms with Crippen molar-refractivity contribution in [1.82, 2.24) is 0 Å². The predicted octanol–water partition coefficient (Wildman–Crippen LogP) is 5.65. The summed E-state index contributed by atoms with van der Waals surface area (Å²) in [5.74, 6) is 0. The summed E-state index contributed by atoms with van der Waals surface area (Å²) < 4.78 is 0. The second-order valence-electron chi connectivity index (χ2n) is 6.31. The van der Waals surface area contributed by atoms with Gasteiger partial charge in [-0.15, -0.1) is 5.73 Å². The molecule has 0 heterocycles. The van der Waals surface area contributed by atoms with E-state index in [-0.39, 0.29) is 5.41 Å². The Kier molecular flexibility index (Phi) is 2.76. The normalized spacial score (nSPS) is 15.9. The molecule has 0 saturated heterocycles. The van der Waals surface area contributed by atoms with E-state index < -0.39 is 0 Å². The SMILES string of the molecule is C1=CC=C(C2(c3ccccc3)c3ccccc3-c3ccccc32)C=1. The zero-order chi connectivity index (χ0) is 16.0. The van der Waals surface area contributed by atoms with Crippen LogP contribution in [0.5, 0.6) is 0 Å². The molecule has 3 aromatic carbocycles. The highest BCUT2D eigenvalue weighted by Gasteiger charge is 2.46. The molecule has 0 heteroatoms. The summed E-state index contributed by atoms with van der Waals surface area (Å²) in [6.07, 6.45) is 6.35. The van der Waals surface area contributed by atoms with Crippen LogP contribution in [0.15, 0.2) is 108 Å². The van der Waals surface area contributed by atoms with Crippen LogP contribution in [-0.2, 0) is 5.41 Å². The van der Waals surface area contributed by atoms with Gasteiger partial charge in [-0.25, -0.2) is 0 Å². The van der Waals surface area contributed by atoms with Gasteiger partial charge in [0.2, 0.25) is 0 Å². The maximum Gasteiger partial charge on any atom is 0.0719 e. The molecule has 0 spiro atoms. The quantitative estimate of drug-likeness (QED) is 0.536. The highest BCUT2D eigenvalue weighted by molar-refractivity contribution is 5.86. The van der Waals surface area contributed by atoms with Crippen molar-refractivity contribution in [1.29, 1.82) is 0 Å². The van der Waals surface area contributed by atoms with E-state index >= 15 is 0 Å². The molecular formula is C24H16. The van der Waals surface area contributed by atoms with Gasteiger partial charge in [-0.2, -0.15) is 0 Å². The Hall–Kier alpha value is -3.08. The van der Waals surface area contributed by atoms with E-state index in [2.05, 4.69) is 96.7 Å². The maximum absolute atomic E-state index is 3.26. The van der Waals surface area contributed by atoms with Gasteiger partial charge in [0.1, 0.15) is 0 Å². The fourth-order valence-electron chi connectivity index (χ4n) is 4.27. The zero-order valence-corrected chi connectivity index (χ0v) is 13.2. The molecule has 2 aliphatic carbocycles. The Morgan fingerprint density at radius 1 is 0.625 bits per heavy atom. The van der Waals surface area contributed by atoms with Gasteiger partial charge in [0.15, 0.2) is 0 Å². The molecule has 0 nitrogen and oxygen atoms in total. The topological polar surface area (TPSA) is 0 Å². The second-order valence-corrected chi connectivity index (χ2v) is 6.31. The molecular weight excluding hydrogens is 288 g/mol. The number of hydrogen-bond acceptors (Lipinski definition) is 0. The maximum atomic E-state index is 3.26. The molecule has 112 valence electrons. The van der Waals surface area contributed by atoms with Gasteiger partial charge < -0.3 is 0 Å². The number of rotatable bonds is 2. The minimum Gasteiger partial charge on any atom is -0.120 e. The number of benzene rings is 3. The van der Waals surface area contributed by atoms with Gasteiger partial charge in [-0.3, -0.25) is 0 Å². The lowest BCUT2D eigenvalue weighted by atomic mass is 9.67. The standard InChI is InChI=1S/C24H16/c1-2-10-18(11-3-1)24(19-12-4-5-13-19)22-16-8-6-14-20(22)21-15-7-9-17-23(21)24/h1-4,6-17H. The van der Waals surface area contributed by atoms with E-state index in [9.17, 15) is 0 Å². The van der Waals surface area contributed by atoms with Crippen molar-refractivity contribution in [3.05, 3.63) is 125 Å². The fraction of sp³-hybridized carbons (Fsp3) is 0.0417. The summed E-state index contributed by atoms with van der Waals surface area (Å²) in [7, 11) is 0. The molecule has 5 rings (SSSR count). The molecule has 0 amide bonds. The van der Waals surface area contributed by atoms with Crippen molar-refractivity contribution >= 4 is 0 Å². The molecule has 0 atom stereocenters. The Bertz CT molecular complexity index is 983. The number of fused-ring (bicyclic) bond motifs is 3. The van der Waals surface area contributed by atoms with Crippen LogP contribution in [0, 0.1) is 0 Å². The molecule has 0 saturated carbocycles. The summed E-state index contributed by atoms with van der Waals surface area (Å²) in [6.45, 7) is 0. The Morgan fingerprint density at radius 3 is 1.79 bits per heavy atom. The summed E-state index contributed by atoms with van der Waals surface area (Å²) in [4.78, 5) is 0. The van der Waals surface area contributed by atoms with Gasteiger partial charge in [-0.1, -0.05) is 78.9 Å². The van der Waals surface area contributed by atoms with Crippen LogP contribution in [0.3, 0.4) is 0 Å². The smallest absolute Gasteiger partial charge is 0.0719 e. The average Bonchev–Trinajstić information content (AvgIpc) is 3.28. The molecule has 0 aromatic heterocycles. The molecule has 0 N–H and O–H groups in total. The Balaban J connectivity index is 1.96. The van der Waals surface area contributed by atoms with Crippen molar-refractivity contribution in [3.8, 4) is 11.1 Å². The van der Waals surface area contributed by atoms with Crippen LogP contribution in [0.25, 0.3) is 11.1 Å². The minimum absolute atomic E-state index is 0.256. The highest BCUT2D eigenvalue weighted by Crippen LogP contribution is 2.56. The predicted molar refractivity (Wildman–Crippen MR) is 98.9 cm³/mol. The highest BCUT2D eigenvalue weighted by atomic mass is 14.5. The van der Waals surface area contributed by atoms with Gasteiger partial charge >= 0.3 is 0 Å². The van der Waals surface area contributed by atoms with E-state index in [0.29, 0.717) is 0 Å². The van der Waals surface area contributed by atoms with Crippen LogP contribution >= 0.6 is 0 Å². The van der Waals surface area contributed by atoms with Crippen LogP contribution in [0.4, 0.5) is 0 Å². The largest absolute Gasteiger partial charge is 0.120 e. The van der Waals surface area contributed by atoms with E-state index in [1.54, 1.807) is 0 Å². The second kappa shape index (κ2) is 4.96. The van der Waals surface area contributed by atoms with Gasteiger partial charge in [0, 0.05) is 0 Å². The lowest BCUT2D eigenvalue weighted by molar-refractivity contribution is 0.769. The third-order valence-corrected chi connectivity index (χ3v) is 5.19. The third-order valence-electron chi connectivity index (χ3n) is 5.19. The lowest BCUT2D eigenvalue weighted by Crippen LogP contribution is -2.28. The third kappa shape index (κ3) is 1.58. The summed E-state index contributed by atoms with van der Waals surface area (Å²) >= 11 is 0. The molecule has 3 aromatic rings. The lowest BCUT2D eigenvalue weighted by Gasteiger charge is -2.33. The molecule has 0 fully saturated rings. The van der Waals surface area contributed by atoms with Crippen molar-refractivity contribution in [2.45, 2.75) is 5.41 Å². The van der Waals surface area contributed by atoms with Crippen molar-refractivity contribution in [2.75, 3.05) is 0 Å². The summed E-state index contributed by atoms with van der Waals surface area (Å²) in [5.41, 5.74) is 11.0. The first-order valence-corrected chi connectivity index (χ1v) is 8.30. The molecule has 0 bridgehead atoms. The van der Waals surface area contributed by atoms with E-state index in [4.69, 9.17) is 0 Å². The van der Waals surface area contributed by atoms with Crippen LogP contribution in [0.1, 0.15) is 16.7 Å². The van der Waals surface area contributed by atoms with Crippen molar-refractivity contribution < 1.29 is 0 Å². The van der Waals surface area contributed by atoms with E-state index in [1.165, 1.54) is 33.4 Å². The van der Waals surface area contributed by atoms with Crippen LogP contribution in [0.2, 0.25) is 0 Å². The van der Waals surface area contributed by atoms with Crippen LogP contribution < -0.4 is 0 Å².